The quantitative estimate of drug-likeness (QED) is 0.907. The van der Waals surface area contributed by atoms with Gasteiger partial charge in [0.15, 0.2) is 11.5 Å². The Kier molecular flexibility index (Phi) is 3.52. The molecule has 1 amide bonds. The Morgan fingerprint density at radius 1 is 1.19 bits per heavy atom. The first-order valence-corrected chi connectivity index (χ1v) is 6.95. The number of nitrogens with one attached hydrogen (secondary N) is 1. The third-order valence-corrected chi connectivity index (χ3v) is 3.55. The molecule has 1 fully saturated rings. The van der Waals surface area contributed by atoms with Gasteiger partial charge in [-0.3, -0.25) is 4.79 Å². The van der Waals surface area contributed by atoms with Gasteiger partial charge < -0.3 is 15.2 Å². The number of ether oxygens (including phenoxy) is 1. The predicted octanol–water partition coefficient (Wildman–Crippen LogP) is 2.96. The molecule has 2 aromatic rings. The van der Waals surface area contributed by atoms with Crippen LogP contribution in [0, 0.1) is 0 Å². The van der Waals surface area contributed by atoms with Gasteiger partial charge in [-0.2, -0.15) is 0 Å². The molecule has 0 bridgehead atoms. The van der Waals surface area contributed by atoms with Crippen LogP contribution in [0.15, 0.2) is 42.5 Å². The number of phenolic OH excluding ortho intramolecular Hbond substituents is 1. The van der Waals surface area contributed by atoms with Crippen LogP contribution in [0.25, 0.3) is 11.1 Å². The molecule has 4 nitrogen and oxygen atoms in total. The van der Waals surface area contributed by atoms with Crippen LogP contribution < -0.4 is 10.1 Å². The van der Waals surface area contributed by atoms with E-state index in [1.807, 2.05) is 18.2 Å². The number of hydrogen-bond acceptors (Lipinski definition) is 3. The molecule has 2 N–H and O–H groups in total. The fourth-order valence-corrected chi connectivity index (χ4v) is 2.19. The lowest BCUT2D eigenvalue weighted by molar-refractivity contribution is 0.0951. The topological polar surface area (TPSA) is 58.6 Å². The zero-order chi connectivity index (χ0) is 14.8. The minimum absolute atomic E-state index is 0.0370. The van der Waals surface area contributed by atoms with Crippen LogP contribution in [0.3, 0.4) is 0 Å². The standard InChI is InChI=1S/C17H17NO3/c1-21-16-10-12(5-8-15(16)19)11-3-2-4-13(9-11)17(20)18-14-6-7-14/h2-5,8-10,14,19H,6-7H2,1H3,(H,18,20). The van der Waals surface area contributed by atoms with Crippen LogP contribution in [0.5, 0.6) is 11.5 Å². The van der Waals surface area contributed by atoms with Crippen molar-refractivity contribution in [2.75, 3.05) is 7.11 Å². The van der Waals surface area contributed by atoms with Crippen LogP contribution in [0.4, 0.5) is 0 Å². The first-order chi connectivity index (χ1) is 10.2. The number of benzene rings is 2. The minimum Gasteiger partial charge on any atom is -0.504 e. The molecule has 0 heterocycles. The maximum Gasteiger partial charge on any atom is 0.251 e. The molecule has 0 saturated heterocycles. The maximum atomic E-state index is 12.1. The van der Waals surface area contributed by atoms with Gasteiger partial charge in [-0.25, -0.2) is 0 Å². The van der Waals surface area contributed by atoms with Gasteiger partial charge in [-0.05, 0) is 48.2 Å². The van der Waals surface area contributed by atoms with Crippen molar-refractivity contribution in [1.29, 1.82) is 0 Å². The highest BCUT2D eigenvalue weighted by Gasteiger charge is 2.23. The van der Waals surface area contributed by atoms with E-state index >= 15 is 0 Å². The smallest absolute Gasteiger partial charge is 0.251 e. The minimum atomic E-state index is -0.0370. The molecular weight excluding hydrogens is 266 g/mol. The Bertz CT molecular complexity index is 677. The lowest BCUT2D eigenvalue weighted by Crippen LogP contribution is -2.25. The van der Waals surface area contributed by atoms with Crippen molar-refractivity contribution < 1.29 is 14.6 Å². The molecule has 21 heavy (non-hydrogen) atoms. The van der Waals surface area contributed by atoms with Crippen LogP contribution >= 0.6 is 0 Å². The van der Waals surface area contributed by atoms with E-state index in [4.69, 9.17) is 4.74 Å². The number of carbonyl (C=O) groups is 1. The second-order valence-corrected chi connectivity index (χ2v) is 5.22. The van der Waals surface area contributed by atoms with Crippen LogP contribution in [-0.4, -0.2) is 24.2 Å². The third-order valence-electron chi connectivity index (χ3n) is 3.55. The fraction of sp³-hybridized carbons (Fsp3) is 0.235. The van der Waals surface area contributed by atoms with Gasteiger partial charge in [-0.15, -0.1) is 0 Å². The maximum absolute atomic E-state index is 12.1. The van der Waals surface area contributed by atoms with Gasteiger partial charge in [0.2, 0.25) is 0 Å². The summed E-state index contributed by atoms with van der Waals surface area (Å²) in [5.41, 5.74) is 2.45. The largest absolute Gasteiger partial charge is 0.504 e. The van der Waals surface area contributed by atoms with Crippen LogP contribution in [-0.2, 0) is 0 Å². The number of rotatable bonds is 4. The highest BCUT2D eigenvalue weighted by molar-refractivity contribution is 5.95. The number of amides is 1. The van der Waals surface area contributed by atoms with Gasteiger partial charge in [0, 0.05) is 11.6 Å². The van der Waals surface area contributed by atoms with E-state index in [0.717, 1.165) is 24.0 Å². The van der Waals surface area contributed by atoms with E-state index in [2.05, 4.69) is 5.32 Å². The molecular formula is C17H17NO3. The Hall–Kier alpha value is -2.49. The van der Waals surface area contributed by atoms with Crippen molar-refractivity contribution >= 4 is 5.91 Å². The second kappa shape index (κ2) is 5.48. The van der Waals surface area contributed by atoms with Crippen molar-refractivity contribution in [1.82, 2.24) is 5.32 Å². The van der Waals surface area contributed by atoms with E-state index in [1.54, 1.807) is 24.3 Å². The van der Waals surface area contributed by atoms with Crippen molar-refractivity contribution in [3.8, 4) is 22.6 Å². The molecule has 1 aliphatic carbocycles. The molecule has 0 spiro atoms. The summed E-state index contributed by atoms with van der Waals surface area (Å²) in [4.78, 5) is 12.1. The summed E-state index contributed by atoms with van der Waals surface area (Å²) >= 11 is 0. The molecule has 0 aliphatic heterocycles. The lowest BCUT2D eigenvalue weighted by Gasteiger charge is -2.09. The summed E-state index contributed by atoms with van der Waals surface area (Å²) in [5.74, 6) is 0.481. The van der Waals surface area contributed by atoms with Gasteiger partial charge in [0.1, 0.15) is 0 Å². The van der Waals surface area contributed by atoms with Gasteiger partial charge in [0.05, 0.1) is 7.11 Å². The molecule has 1 aliphatic rings. The predicted molar refractivity (Wildman–Crippen MR) is 80.6 cm³/mol. The Balaban J connectivity index is 1.89. The summed E-state index contributed by atoms with van der Waals surface area (Å²) in [5, 5.41) is 12.6. The Labute approximate surface area is 123 Å². The van der Waals surface area contributed by atoms with E-state index in [-0.39, 0.29) is 11.7 Å². The van der Waals surface area contributed by atoms with Crippen molar-refractivity contribution in [3.63, 3.8) is 0 Å². The molecule has 0 aromatic heterocycles. The number of methoxy groups -OCH3 is 1. The monoisotopic (exact) mass is 283 g/mol. The number of carbonyl (C=O) groups excluding carboxylic acids is 1. The average molecular weight is 283 g/mol. The normalized spacial score (nSPS) is 13.8. The third kappa shape index (κ3) is 2.99. The SMILES string of the molecule is COc1cc(-c2cccc(C(=O)NC3CC3)c2)ccc1O. The molecule has 0 unspecified atom stereocenters. The van der Waals surface area contributed by atoms with E-state index in [9.17, 15) is 9.90 Å². The Morgan fingerprint density at radius 3 is 2.67 bits per heavy atom. The van der Waals surface area contributed by atoms with Gasteiger partial charge >= 0.3 is 0 Å². The summed E-state index contributed by atoms with van der Waals surface area (Å²) in [6.45, 7) is 0. The first kappa shape index (κ1) is 13.5. The molecule has 2 aromatic carbocycles. The van der Waals surface area contributed by atoms with Crippen molar-refractivity contribution in [3.05, 3.63) is 48.0 Å². The van der Waals surface area contributed by atoms with E-state index < -0.39 is 0 Å². The molecule has 0 atom stereocenters. The van der Waals surface area contributed by atoms with Gasteiger partial charge in [0.25, 0.3) is 5.91 Å². The lowest BCUT2D eigenvalue weighted by atomic mass is 10.0. The van der Waals surface area contributed by atoms with Crippen LogP contribution in [0.2, 0.25) is 0 Å². The van der Waals surface area contributed by atoms with Crippen molar-refractivity contribution in [2.24, 2.45) is 0 Å². The van der Waals surface area contributed by atoms with E-state index in [1.165, 1.54) is 7.11 Å². The highest BCUT2D eigenvalue weighted by atomic mass is 16.5. The Morgan fingerprint density at radius 2 is 1.95 bits per heavy atom. The highest BCUT2D eigenvalue weighted by Crippen LogP contribution is 2.31. The summed E-state index contributed by atoms with van der Waals surface area (Å²) < 4.78 is 5.12. The fourth-order valence-electron chi connectivity index (χ4n) is 2.19. The zero-order valence-corrected chi connectivity index (χ0v) is 11.8. The number of hydrogen-bond donors (Lipinski definition) is 2. The number of phenols is 1. The van der Waals surface area contributed by atoms with Gasteiger partial charge in [-0.1, -0.05) is 18.2 Å². The van der Waals surface area contributed by atoms with Crippen LogP contribution in [0.1, 0.15) is 23.2 Å². The average Bonchev–Trinajstić information content (AvgIpc) is 3.32. The molecule has 1 saturated carbocycles. The van der Waals surface area contributed by atoms with E-state index in [0.29, 0.717) is 17.4 Å². The molecule has 0 radical (unpaired) electrons. The molecule has 3 rings (SSSR count). The molecule has 4 heteroatoms. The summed E-state index contributed by atoms with van der Waals surface area (Å²) in [7, 11) is 1.51. The zero-order valence-electron chi connectivity index (χ0n) is 11.8. The molecule has 108 valence electrons. The summed E-state index contributed by atoms with van der Waals surface area (Å²) in [6.07, 6.45) is 2.14. The first-order valence-electron chi connectivity index (χ1n) is 6.95. The number of aromatic hydroxyl groups is 1. The second-order valence-electron chi connectivity index (χ2n) is 5.22. The van der Waals surface area contributed by atoms with Crippen molar-refractivity contribution in [2.45, 2.75) is 18.9 Å². The summed E-state index contributed by atoms with van der Waals surface area (Å²) in [6, 6.07) is 12.9.